The summed E-state index contributed by atoms with van der Waals surface area (Å²) in [5.74, 6) is -0.310. The van der Waals surface area contributed by atoms with Gasteiger partial charge in [-0.15, -0.1) is 0 Å². The third-order valence-corrected chi connectivity index (χ3v) is 4.98. The first-order valence-electron chi connectivity index (χ1n) is 6.00. The van der Waals surface area contributed by atoms with Gasteiger partial charge in [-0.3, -0.25) is 0 Å². The van der Waals surface area contributed by atoms with Gasteiger partial charge in [0, 0.05) is 11.8 Å². The Bertz CT molecular complexity index is 541. The quantitative estimate of drug-likeness (QED) is 0.749. The van der Waals surface area contributed by atoms with Crippen molar-refractivity contribution >= 4 is 27.5 Å². The Labute approximate surface area is 123 Å². The van der Waals surface area contributed by atoms with Gasteiger partial charge in [0.15, 0.2) is 11.6 Å². The Morgan fingerprint density at radius 1 is 1.50 bits per heavy atom. The maximum Gasteiger partial charge on any atom is 0.241 e. The van der Waals surface area contributed by atoms with Gasteiger partial charge in [-0.05, 0) is 24.8 Å². The van der Waals surface area contributed by atoms with Crippen LogP contribution in [-0.2, 0) is 10.0 Å². The summed E-state index contributed by atoms with van der Waals surface area (Å²) in [6.45, 7) is 1.88. The fourth-order valence-corrected chi connectivity index (χ4v) is 3.88. The van der Waals surface area contributed by atoms with Gasteiger partial charge in [-0.2, -0.15) is 11.8 Å². The number of thioether (sulfide) groups is 1. The monoisotopic (exact) mass is 322 g/mol. The van der Waals surface area contributed by atoms with Gasteiger partial charge in [0.1, 0.15) is 0 Å². The van der Waals surface area contributed by atoms with Crippen molar-refractivity contribution in [3.05, 3.63) is 17.9 Å². The lowest BCUT2D eigenvalue weighted by atomic mass is 10.3. The lowest BCUT2D eigenvalue weighted by molar-refractivity contribution is 0.388. The van der Waals surface area contributed by atoms with Crippen molar-refractivity contribution in [2.45, 2.75) is 24.3 Å². The number of rotatable bonds is 7. The number of nitrogens with one attached hydrogen (secondary N) is 1. The first-order chi connectivity index (χ1) is 9.35. The van der Waals surface area contributed by atoms with E-state index in [2.05, 4.69) is 4.72 Å². The Balaban J connectivity index is 3.10. The van der Waals surface area contributed by atoms with Crippen molar-refractivity contribution in [3.63, 3.8) is 0 Å². The predicted molar refractivity (Wildman–Crippen MR) is 80.1 cm³/mol. The number of sulfonamides is 1. The Morgan fingerprint density at radius 3 is 2.60 bits per heavy atom. The second kappa shape index (κ2) is 7.14. The van der Waals surface area contributed by atoms with Gasteiger partial charge >= 0.3 is 0 Å². The van der Waals surface area contributed by atoms with E-state index in [4.69, 9.17) is 10.5 Å². The van der Waals surface area contributed by atoms with Crippen LogP contribution in [0.1, 0.15) is 13.3 Å². The molecule has 20 heavy (non-hydrogen) atoms. The molecule has 0 aliphatic carbocycles. The van der Waals surface area contributed by atoms with E-state index >= 15 is 0 Å². The molecule has 0 spiro atoms. The highest BCUT2D eigenvalue weighted by atomic mass is 32.2. The fourth-order valence-electron chi connectivity index (χ4n) is 1.68. The maximum atomic E-state index is 13.7. The zero-order chi connectivity index (χ0) is 15.3. The number of nitrogens with two attached hydrogens (primary N) is 1. The van der Waals surface area contributed by atoms with E-state index in [1.54, 1.807) is 0 Å². The average Bonchev–Trinajstić information content (AvgIpc) is 2.37. The lowest BCUT2D eigenvalue weighted by Gasteiger charge is -2.16. The van der Waals surface area contributed by atoms with Crippen LogP contribution in [0, 0.1) is 5.82 Å². The van der Waals surface area contributed by atoms with Crippen LogP contribution in [0.3, 0.4) is 0 Å². The minimum absolute atomic E-state index is 0.0502. The highest BCUT2D eigenvalue weighted by Gasteiger charge is 2.22. The SMILES string of the molecule is CCC(CSC)NS(=O)(=O)c1cc(N)c(OC)c(F)c1. The van der Waals surface area contributed by atoms with Crippen molar-refractivity contribution in [1.29, 1.82) is 0 Å². The predicted octanol–water partition coefficient (Wildman–Crippen LogP) is 1.84. The smallest absolute Gasteiger partial charge is 0.241 e. The molecule has 0 radical (unpaired) electrons. The molecule has 114 valence electrons. The van der Waals surface area contributed by atoms with E-state index in [9.17, 15) is 12.8 Å². The normalized spacial score (nSPS) is 13.2. The van der Waals surface area contributed by atoms with E-state index in [0.717, 1.165) is 6.07 Å². The summed E-state index contributed by atoms with van der Waals surface area (Å²) in [5, 5.41) is 0. The minimum Gasteiger partial charge on any atom is -0.492 e. The van der Waals surface area contributed by atoms with Crippen LogP contribution in [-0.4, -0.2) is 33.6 Å². The van der Waals surface area contributed by atoms with E-state index in [1.807, 2.05) is 13.2 Å². The van der Waals surface area contributed by atoms with E-state index in [-0.39, 0.29) is 22.4 Å². The van der Waals surface area contributed by atoms with Gasteiger partial charge < -0.3 is 10.5 Å². The molecule has 1 rings (SSSR count). The summed E-state index contributed by atoms with van der Waals surface area (Å²) in [6, 6.07) is 1.89. The number of halogens is 1. The molecule has 0 aromatic heterocycles. The first-order valence-corrected chi connectivity index (χ1v) is 8.87. The van der Waals surface area contributed by atoms with Gasteiger partial charge in [0.25, 0.3) is 0 Å². The largest absolute Gasteiger partial charge is 0.492 e. The van der Waals surface area contributed by atoms with E-state index in [1.165, 1.54) is 24.9 Å². The van der Waals surface area contributed by atoms with Gasteiger partial charge in [0.2, 0.25) is 10.0 Å². The lowest BCUT2D eigenvalue weighted by Crippen LogP contribution is -2.36. The van der Waals surface area contributed by atoms with Gasteiger partial charge in [-0.1, -0.05) is 6.92 Å². The summed E-state index contributed by atoms with van der Waals surface area (Å²) in [5.41, 5.74) is 5.54. The molecular weight excluding hydrogens is 303 g/mol. The molecule has 8 heteroatoms. The van der Waals surface area contributed by atoms with Crippen molar-refractivity contribution in [2.75, 3.05) is 24.9 Å². The van der Waals surface area contributed by atoms with Gasteiger partial charge in [-0.25, -0.2) is 17.5 Å². The maximum absolute atomic E-state index is 13.7. The van der Waals surface area contributed by atoms with Crippen LogP contribution in [0.5, 0.6) is 5.75 Å². The zero-order valence-electron chi connectivity index (χ0n) is 11.6. The van der Waals surface area contributed by atoms with Crippen LogP contribution in [0.2, 0.25) is 0 Å². The van der Waals surface area contributed by atoms with E-state index < -0.39 is 15.8 Å². The number of nitrogen functional groups attached to an aromatic ring is 1. The third-order valence-electron chi connectivity index (χ3n) is 2.74. The van der Waals surface area contributed by atoms with Crippen molar-refractivity contribution in [3.8, 4) is 5.75 Å². The molecule has 1 atom stereocenters. The Kier molecular flexibility index (Phi) is 6.09. The van der Waals surface area contributed by atoms with Crippen LogP contribution in [0.15, 0.2) is 17.0 Å². The minimum atomic E-state index is -3.80. The number of benzene rings is 1. The molecule has 1 unspecified atom stereocenters. The molecule has 0 heterocycles. The third kappa shape index (κ3) is 4.00. The van der Waals surface area contributed by atoms with Crippen molar-refractivity contribution in [1.82, 2.24) is 4.72 Å². The highest BCUT2D eigenvalue weighted by Crippen LogP contribution is 2.28. The molecule has 0 bridgehead atoms. The number of hydrogen-bond donors (Lipinski definition) is 2. The van der Waals surface area contributed by atoms with Gasteiger partial charge in [0.05, 0.1) is 17.7 Å². The van der Waals surface area contributed by atoms with Crippen LogP contribution < -0.4 is 15.2 Å². The molecule has 0 fully saturated rings. The van der Waals surface area contributed by atoms with E-state index in [0.29, 0.717) is 12.2 Å². The Hall–Kier alpha value is -0.990. The topological polar surface area (TPSA) is 81.4 Å². The number of methoxy groups -OCH3 is 1. The van der Waals surface area contributed by atoms with Crippen molar-refractivity contribution in [2.24, 2.45) is 0 Å². The Morgan fingerprint density at radius 2 is 2.15 bits per heavy atom. The molecule has 0 saturated heterocycles. The number of anilines is 1. The van der Waals surface area contributed by atoms with Crippen LogP contribution in [0.25, 0.3) is 0 Å². The van der Waals surface area contributed by atoms with Crippen LogP contribution >= 0.6 is 11.8 Å². The molecule has 0 saturated carbocycles. The molecule has 1 aromatic carbocycles. The molecule has 5 nitrogen and oxygen atoms in total. The summed E-state index contributed by atoms with van der Waals surface area (Å²) >= 11 is 1.54. The standard InChI is InChI=1S/C12H19FN2O3S2/c1-4-8(7-19-3)15-20(16,17)9-5-10(13)12(18-2)11(14)6-9/h5-6,8,15H,4,7,14H2,1-3H3. The second-order valence-corrected chi connectivity index (χ2v) is 6.83. The number of hydrogen-bond acceptors (Lipinski definition) is 5. The molecule has 1 aromatic rings. The average molecular weight is 322 g/mol. The molecule has 0 amide bonds. The summed E-state index contributed by atoms with van der Waals surface area (Å²) in [6.07, 6.45) is 2.54. The zero-order valence-corrected chi connectivity index (χ0v) is 13.3. The molecule has 3 N–H and O–H groups in total. The number of ether oxygens (including phenoxy) is 1. The summed E-state index contributed by atoms with van der Waals surface area (Å²) in [4.78, 5) is -0.201. The molecule has 0 aliphatic rings. The van der Waals surface area contributed by atoms with Crippen LogP contribution in [0.4, 0.5) is 10.1 Å². The fraction of sp³-hybridized carbons (Fsp3) is 0.500. The molecule has 0 aliphatic heterocycles. The summed E-state index contributed by atoms with van der Waals surface area (Å²) in [7, 11) is -2.53. The first kappa shape index (κ1) is 17.1. The second-order valence-electron chi connectivity index (χ2n) is 4.21. The highest BCUT2D eigenvalue weighted by molar-refractivity contribution is 7.98. The molecular formula is C12H19FN2O3S2. The van der Waals surface area contributed by atoms with Crippen molar-refractivity contribution < 1.29 is 17.5 Å². The summed E-state index contributed by atoms with van der Waals surface area (Å²) < 4.78 is 45.4.